The Morgan fingerprint density at radius 3 is 2.22 bits per heavy atom. The first-order valence-corrected chi connectivity index (χ1v) is 20.4. The molecular weight excluding hydrogens is 888 g/mol. The van der Waals surface area contributed by atoms with Gasteiger partial charge in [0, 0.05) is 22.1 Å². The fourth-order valence-electron chi connectivity index (χ4n) is 9.72. The second-order valence-corrected chi connectivity index (χ2v) is 16.8. The van der Waals surface area contributed by atoms with E-state index >= 15 is 4.79 Å². The first-order chi connectivity index (χ1) is 28.4. The van der Waals surface area contributed by atoms with Gasteiger partial charge in [-0.15, -0.1) is 0 Å². The van der Waals surface area contributed by atoms with Crippen molar-refractivity contribution >= 4 is 75.0 Å². The van der Waals surface area contributed by atoms with E-state index < -0.39 is 64.5 Å². The molecule has 296 valence electrons. The van der Waals surface area contributed by atoms with Crippen LogP contribution in [0.1, 0.15) is 45.8 Å². The number of phenols is 1. The van der Waals surface area contributed by atoms with Gasteiger partial charge in [0.15, 0.2) is 17.3 Å². The van der Waals surface area contributed by atoms with Gasteiger partial charge in [-0.25, -0.2) is 4.39 Å². The number of nitrogens with zero attached hydrogens (tertiary/aromatic N) is 2. The lowest BCUT2D eigenvalue weighted by atomic mass is 9.49. The summed E-state index contributed by atoms with van der Waals surface area (Å²) in [5, 5.41) is 12.4. The summed E-state index contributed by atoms with van der Waals surface area (Å²) < 4.78 is 20.0. The summed E-state index contributed by atoms with van der Waals surface area (Å²) in [5.41, 5.74) is 4.62. The van der Waals surface area contributed by atoms with Gasteiger partial charge in [-0.05, 0) is 125 Å². The standard InChI is InChI=1S/C46H34ClFIN3O7/c1-59-37-22-26(21-36(49)41(37)54)39-32-19-20-33-38(44(57)51(42(33)55)31-17-7-25(8-18-31)40(53)24-5-3-2-4-6-24)34(32)23-35-43(56)52(50-30-15-13-29(48)14-16-30)45(58)46(35,39)27-9-11-28(47)12-10-27/h2-19,21-22,33-35,38-39,50,54H,20,23H2,1H3. The third-order valence-electron chi connectivity index (χ3n) is 12.3. The van der Waals surface area contributed by atoms with Crippen LogP contribution in [0.25, 0.3) is 0 Å². The Bertz CT molecular complexity index is 2600. The van der Waals surface area contributed by atoms with Crippen molar-refractivity contribution in [1.29, 1.82) is 0 Å². The molecule has 0 spiro atoms. The van der Waals surface area contributed by atoms with Crippen LogP contribution in [0.5, 0.6) is 11.5 Å². The second-order valence-electron chi connectivity index (χ2n) is 15.2. The predicted octanol–water partition coefficient (Wildman–Crippen LogP) is 8.22. The molecule has 4 aliphatic rings. The molecule has 1 saturated carbocycles. The van der Waals surface area contributed by atoms with E-state index in [1.54, 1.807) is 84.9 Å². The number of phenolic OH excluding ortho intramolecular Hbond substituents is 1. The summed E-state index contributed by atoms with van der Waals surface area (Å²) in [6, 6.07) is 30.6. The largest absolute Gasteiger partial charge is 0.504 e. The molecular formula is C46H34ClFIN3O7. The molecule has 59 heavy (non-hydrogen) atoms. The summed E-state index contributed by atoms with van der Waals surface area (Å²) >= 11 is 8.39. The zero-order valence-corrected chi connectivity index (χ0v) is 34.2. The van der Waals surface area contributed by atoms with Crippen molar-refractivity contribution in [1.82, 2.24) is 5.01 Å². The Kier molecular flexibility index (Phi) is 9.66. The monoisotopic (exact) mass is 921 g/mol. The van der Waals surface area contributed by atoms with Crippen molar-refractivity contribution in [3.8, 4) is 11.5 Å². The zero-order valence-electron chi connectivity index (χ0n) is 31.3. The van der Waals surface area contributed by atoms with Gasteiger partial charge in [-0.3, -0.25) is 34.3 Å². The fourth-order valence-corrected chi connectivity index (χ4v) is 10.5. The molecule has 5 aromatic carbocycles. The van der Waals surface area contributed by atoms with E-state index in [9.17, 15) is 28.7 Å². The number of aromatic hydroxyl groups is 1. The Hall–Kier alpha value is -5.86. The molecule has 0 bridgehead atoms. The van der Waals surface area contributed by atoms with Gasteiger partial charge in [0.25, 0.3) is 11.8 Å². The van der Waals surface area contributed by atoms with Crippen LogP contribution in [0.2, 0.25) is 5.02 Å². The van der Waals surface area contributed by atoms with Gasteiger partial charge in [-0.2, -0.15) is 5.01 Å². The third kappa shape index (κ3) is 6.05. The number of ketones is 1. The number of allylic oxidation sites excluding steroid dienone is 2. The molecule has 6 atom stereocenters. The molecule has 2 heterocycles. The first-order valence-electron chi connectivity index (χ1n) is 18.9. The third-order valence-corrected chi connectivity index (χ3v) is 13.4. The molecule has 6 unspecified atom stereocenters. The van der Waals surface area contributed by atoms with Crippen LogP contribution >= 0.6 is 34.2 Å². The van der Waals surface area contributed by atoms with Crippen LogP contribution in [0, 0.1) is 33.1 Å². The maximum absolute atomic E-state index is 15.4. The number of halogens is 3. The summed E-state index contributed by atoms with van der Waals surface area (Å²) in [4.78, 5) is 73.8. The number of hydrazine groups is 1. The number of methoxy groups -OCH3 is 1. The zero-order chi connectivity index (χ0) is 41.3. The highest BCUT2D eigenvalue weighted by Crippen LogP contribution is 2.64. The number of ether oxygens (including phenoxy) is 1. The number of anilines is 2. The van der Waals surface area contributed by atoms with Crippen molar-refractivity contribution in [2.24, 2.45) is 23.7 Å². The number of carbonyl (C=O) groups excluding carboxylic acids is 5. The van der Waals surface area contributed by atoms with Gasteiger partial charge >= 0.3 is 0 Å². The summed E-state index contributed by atoms with van der Waals surface area (Å²) in [6.07, 6.45) is 2.16. The number of carbonyl (C=O) groups is 5. The quantitative estimate of drug-likeness (QED) is 0.0689. The molecule has 2 N–H and O–H groups in total. The molecule has 2 aliphatic heterocycles. The molecule has 3 fully saturated rings. The Labute approximate surface area is 356 Å². The van der Waals surface area contributed by atoms with Crippen molar-refractivity contribution in [3.05, 3.63) is 164 Å². The number of amides is 4. The fraction of sp³-hybridized carbons (Fsp3) is 0.196. The average molecular weight is 922 g/mol. The Balaban J connectivity index is 1.17. The highest BCUT2D eigenvalue weighted by Gasteiger charge is 2.70. The van der Waals surface area contributed by atoms with Gasteiger partial charge in [0.05, 0.1) is 45.2 Å². The molecule has 4 amide bonds. The van der Waals surface area contributed by atoms with E-state index in [1.165, 1.54) is 36.3 Å². The first kappa shape index (κ1) is 38.6. The molecule has 2 aliphatic carbocycles. The minimum Gasteiger partial charge on any atom is -0.504 e. The van der Waals surface area contributed by atoms with Crippen LogP contribution in [0.15, 0.2) is 127 Å². The van der Waals surface area contributed by atoms with Crippen molar-refractivity contribution < 1.29 is 38.2 Å². The van der Waals surface area contributed by atoms with E-state index in [-0.39, 0.29) is 30.1 Å². The lowest BCUT2D eigenvalue weighted by Crippen LogP contribution is -2.53. The second kappa shape index (κ2) is 14.8. The number of imide groups is 2. The predicted molar refractivity (Wildman–Crippen MR) is 225 cm³/mol. The molecule has 10 nitrogen and oxygen atoms in total. The topological polar surface area (TPSA) is 133 Å². The number of hydrogen-bond acceptors (Lipinski definition) is 8. The number of rotatable bonds is 8. The van der Waals surface area contributed by atoms with Crippen LogP contribution < -0.4 is 15.1 Å². The van der Waals surface area contributed by atoms with Crippen molar-refractivity contribution in [2.45, 2.75) is 24.2 Å². The molecule has 2 saturated heterocycles. The number of benzene rings is 5. The lowest BCUT2D eigenvalue weighted by Gasteiger charge is -2.50. The summed E-state index contributed by atoms with van der Waals surface area (Å²) in [5.74, 6) is -6.86. The van der Waals surface area contributed by atoms with E-state index in [1.807, 2.05) is 34.7 Å². The molecule has 5 aromatic rings. The minimum absolute atomic E-state index is 0.0436. The van der Waals surface area contributed by atoms with E-state index in [0.717, 1.165) is 5.01 Å². The van der Waals surface area contributed by atoms with E-state index in [4.69, 9.17) is 16.3 Å². The minimum atomic E-state index is -1.61. The average Bonchev–Trinajstić information content (AvgIpc) is 3.63. The number of fused-ring (bicyclic) bond motifs is 4. The molecule has 9 rings (SSSR count). The van der Waals surface area contributed by atoms with Crippen LogP contribution in [-0.2, 0) is 24.6 Å². The number of hydrogen-bond donors (Lipinski definition) is 2. The Morgan fingerprint density at radius 1 is 0.864 bits per heavy atom. The maximum atomic E-state index is 15.4. The highest BCUT2D eigenvalue weighted by molar-refractivity contribution is 14.1. The Morgan fingerprint density at radius 2 is 1.54 bits per heavy atom. The van der Waals surface area contributed by atoms with Gasteiger partial charge in [-0.1, -0.05) is 65.7 Å². The van der Waals surface area contributed by atoms with E-state index in [2.05, 4.69) is 5.43 Å². The van der Waals surface area contributed by atoms with Crippen LogP contribution in [0.3, 0.4) is 0 Å². The van der Waals surface area contributed by atoms with Crippen LogP contribution in [0.4, 0.5) is 15.8 Å². The normalized spacial score (nSPS) is 24.7. The lowest BCUT2D eigenvalue weighted by molar-refractivity contribution is -0.138. The summed E-state index contributed by atoms with van der Waals surface area (Å²) in [6.45, 7) is 0. The highest BCUT2D eigenvalue weighted by atomic mass is 127. The van der Waals surface area contributed by atoms with Gasteiger partial charge in [0.1, 0.15) is 5.82 Å². The van der Waals surface area contributed by atoms with Gasteiger partial charge in [0.2, 0.25) is 11.8 Å². The molecule has 0 radical (unpaired) electrons. The summed E-state index contributed by atoms with van der Waals surface area (Å²) in [7, 11) is 1.42. The van der Waals surface area contributed by atoms with E-state index in [0.29, 0.717) is 47.8 Å². The smallest absolute Gasteiger partial charge is 0.260 e. The SMILES string of the molecule is COc1cc(C2C3=CCC4C(=O)N(c5ccc(C(=O)c6ccccc6)cc5)C(=O)C4C3CC3C(=O)N(Nc4ccc(F)cc4)C(=O)C32c2ccc(Cl)cc2)cc(I)c1O. The van der Waals surface area contributed by atoms with Crippen LogP contribution in [-0.4, -0.2) is 46.6 Å². The van der Waals surface area contributed by atoms with Crippen molar-refractivity contribution in [2.75, 3.05) is 17.4 Å². The maximum Gasteiger partial charge on any atom is 0.260 e. The molecule has 0 aromatic heterocycles. The van der Waals surface area contributed by atoms with Gasteiger partial charge < -0.3 is 9.84 Å². The molecule has 13 heteroatoms. The number of nitrogens with one attached hydrogen (secondary N) is 1. The van der Waals surface area contributed by atoms with Crippen molar-refractivity contribution in [3.63, 3.8) is 0 Å².